The van der Waals surface area contributed by atoms with Crippen molar-refractivity contribution in [1.82, 2.24) is 0 Å². The van der Waals surface area contributed by atoms with Crippen molar-refractivity contribution in [2.45, 2.75) is 6.36 Å². The Balaban J connectivity index is 2.34. The Morgan fingerprint density at radius 3 is 2.10 bits per heavy atom. The fraction of sp³-hybridized carbons (Fsp3) is 0.143. The molecule has 2 aromatic rings. The summed E-state index contributed by atoms with van der Waals surface area (Å²) in [6.45, 7) is 0. The first kappa shape index (κ1) is 14.0. The smallest absolute Gasteiger partial charge is 0.504 e. The molecule has 0 amide bonds. The molecule has 0 unspecified atom stereocenters. The van der Waals surface area contributed by atoms with Crippen LogP contribution in [-0.2, 0) is 0 Å². The minimum atomic E-state index is -4.85. The van der Waals surface area contributed by atoms with Crippen molar-refractivity contribution >= 4 is 0 Å². The number of halogens is 3. The summed E-state index contributed by atoms with van der Waals surface area (Å²) in [7, 11) is 1.52. The van der Waals surface area contributed by atoms with Crippen LogP contribution in [-0.4, -0.2) is 18.6 Å². The van der Waals surface area contributed by atoms with Crippen molar-refractivity contribution in [1.29, 1.82) is 0 Å². The van der Waals surface area contributed by atoms with E-state index < -0.39 is 17.9 Å². The van der Waals surface area contributed by atoms with E-state index in [9.17, 15) is 18.3 Å². The summed E-state index contributed by atoms with van der Waals surface area (Å²) < 4.78 is 45.4. The van der Waals surface area contributed by atoms with Gasteiger partial charge < -0.3 is 14.6 Å². The topological polar surface area (TPSA) is 38.7 Å². The van der Waals surface area contributed by atoms with Crippen LogP contribution in [0.3, 0.4) is 0 Å². The van der Waals surface area contributed by atoms with Crippen molar-refractivity contribution < 1.29 is 27.8 Å². The molecule has 2 rings (SSSR count). The quantitative estimate of drug-likeness (QED) is 0.927. The summed E-state index contributed by atoms with van der Waals surface area (Å²) >= 11 is 0. The third-order valence-electron chi connectivity index (χ3n) is 2.61. The Morgan fingerprint density at radius 2 is 1.55 bits per heavy atom. The summed E-state index contributed by atoms with van der Waals surface area (Å²) in [5, 5.41) is 9.38. The largest absolute Gasteiger partial charge is 0.573 e. The first-order valence-corrected chi connectivity index (χ1v) is 5.62. The van der Waals surface area contributed by atoms with Gasteiger partial charge in [0.15, 0.2) is 11.5 Å². The molecular formula is C14H11F3O3. The zero-order valence-electron chi connectivity index (χ0n) is 10.4. The molecule has 0 fully saturated rings. The molecule has 1 N–H and O–H groups in total. The molecule has 0 spiro atoms. The Kier molecular flexibility index (Phi) is 3.74. The van der Waals surface area contributed by atoms with E-state index in [4.69, 9.17) is 4.74 Å². The molecule has 0 bridgehead atoms. The van der Waals surface area contributed by atoms with Crippen molar-refractivity contribution in [3.05, 3.63) is 42.5 Å². The molecule has 0 heterocycles. The van der Waals surface area contributed by atoms with Crippen LogP contribution in [0.1, 0.15) is 0 Å². The number of ether oxygens (including phenoxy) is 2. The Bertz CT molecular complexity index is 592. The molecule has 0 saturated carbocycles. The maximum absolute atomic E-state index is 12.2. The summed E-state index contributed by atoms with van der Waals surface area (Å²) in [4.78, 5) is 0. The van der Waals surface area contributed by atoms with E-state index in [0.717, 1.165) is 12.1 Å². The number of hydrogen-bond donors (Lipinski definition) is 1. The van der Waals surface area contributed by atoms with Crippen molar-refractivity contribution in [3.63, 3.8) is 0 Å². The maximum atomic E-state index is 12.2. The normalized spacial score (nSPS) is 11.2. The lowest BCUT2D eigenvalue weighted by Crippen LogP contribution is -2.17. The molecular weight excluding hydrogens is 273 g/mol. The molecule has 0 saturated heterocycles. The summed E-state index contributed by atoms with van der Waals surface area (Å²) in [5.41, 5.74) is 1.17. The van der Waals surface area contributed by atoms with Crippen LogP contribution < -0.4 is 9.47 Å². The third-order valence-corrected chi connectivity index (χ3v) is 2.61. The van der Waals surface area contributed by atoms with Crippen LogP contribution in [0.4, 0.5) is 13.2 Å². The Hall–Kier alpha value is -2.37. The highest BCUT2D eigenvalue weighted by Gasteiger charge is 2.32. The van der Waals surface area contributed by atoms with Gasteiger partial charge in [-0.2, -0.15) is 0 Å². The SMILES string of the molecule is COc1ccc(-c2ccc(O)c(OC(F)(F)F)c2)cc1. The van der Waals surface area contributed by atoms with Gasteiger partial charge in [0.1, 0.15) is 5.75 Å². The van der Waals surface area contributed by atoms with Crippen molar-refractivity contribution in [2.75, 3.05) is 7.11 Å². The fourth-order valence-electron chi connectivity index (χ4n) is 1.68. The first-order valence-electron chi connectivity index (χ1n) is 5.62. The zero-order chi connectivity index (χ0) is 14.8. The lowest BCUT2D eigenvalue weighted by Gasteiger charge is -2.12. The van der Waals surface area contributed by atoms with Gasteiger partial charge >= 0.3 is 6.36 Å². The number of aromatic hydroxyl groups is 1. The predicted molar refractivity (Wildman–Crippen MR) is 66.8 cm³/mol. The molecule has 0 aliphatic carbocycles. The van der Waals surface area contributed by atoms with Gasteiger partial charge in [0, 0.05) is 0 Å². The number of phenolic OH excluding ortho intramolecular Hbond substituents is 1. The van der Waals surface area contributed by atoms with Gasteiger partial charge in [-0.3, -0.25) is 0 Å². The van der Waals surface area contributed by atoms with E-state index in [1.165, 1.54) is 13.2 Å². The number of phenols is 1. The second-order valence-corrected chi connectivity index (χ2v) is 3.96. The van der Waals surface area contributed by atoms with Gasteiger partial charge in [0.05, 0.1) is 7.11 Å². The first-order chi connectivity index (χ1) is 9.39. The highest BCUT2D eigenvalue weighted by molar-refractivity contribution is 5.67. The predicted octanol–water partition coefficient (Wildman–Crippen LogP) is 3.97. The maximum Gasteiger partial charge on any atom is 0.573 e. The molecule has 106 valence electrons. The Morgan fingerprint density at radius 1 is 0.950 bits per heavy atom. The number of rotatable bonds is 3. The monoisotopic (exact) mass is 284 g/mol. The Labute approximate surface area is 113 Å². The molecule has 2 aromatic carbocycles. The average molecular weight is 284 g/mol. The van der Waals surface area contributed by atoms with Crippen LogP contribution in [0.5, 0.6) is 17.2 Å². The van der Waals surface area contributed by atoms with Gasteiger partial charge in [-0.25, -0.2) is 0 Å². The van der Waals surface area contributed by atoms with Gasteiger partial charge in [0.25, 0.3) is 0 Å². The number of methoxy groups -OCH3 is 1. The van der Waals surface area contributed by atoms with Crippen molar-refractivity contribution in [3.8, 4) is 28.4 Å². The van der Waals surface area contributed by atoms with Gasteiger partial charge in [-0.1, -0.05) is 18.2 Å². The average Bonchev–Trinajstić information content (AvgIpc) is 2.40. The summed E-state index contributed by atoms with van der Waals surface area (Å²) in [5.74, 6) is -0.565. The number of hydrogen-bond acceptors (Lipinski definition) is 3. The molecule has 0 aliphatic heterocycles. The van der Waals surface area contributed by atoms with E-state index >= 15 is 0 Å². The van der Waals surface area contributed by atoms with Crippen LogP contribution in [0.25, 0.3) is 11.1 Å². The molecule has 0 radical (unpaired) electrons. The van der Waals surface area contributed by atoms with Gasteiger partial charge in [-0.05, 0) is 35.4 Å². The highest BCUT2D eigenvalue weighted by atomic mass is 19.4. The molecule has 3 nitrogen and oxygen atoms in total. The van der Waals surface area contributed by atoms with Crippen molar-refractivity contribution in [2.24, 2.45) is 0 Å². The second-order valence-electron chi connectivity index (χ2n) is 3.96. The number of benzene rings is 2. The lowest BCUT2D eigenvalue weighted by atomic mass is 10.1. The third kappa shape index (κ3) is 3.34. The minimum Gasteiger partial charge on any atom is -0.504 e. The molecule has 0 atom stereocenters. The number of alkyl halides is 3. The van der Waals surface area contributed by atoms with Crippen LogP contribution in [0, 0.1) is 0 Å². The molecule has 0 aromatic heterocycles. The minimum absolute atomic E-state index is 0.490. The van der Waals surface area contributed by atoms with Crippen LogP contribution in [0.2, 0.25) is 0 Å². The standard InChI is InChI=1S/C14H11F3O3/c1-19-11-5-2-9(3-6-11)10-4-7-12(18)13(8-10)20-14(15,16)17/h2-8,18H,1H3. The second kappa shape index (κ2) is 5.32. The highest BCUT2D eigenvalue weighted by Crippen LogP contribution is 2.35. The van der Waals surface area contributed by atoms with E-state index in [0.29, 0.717) is 16.9 Å². The summed E-state index contributed by atoms with van der Waals surface area (Å²) in [6, 6.07) is 10.6. The van der Waals surface area contributed by atoms with E-state index in [1.807, 2.05) is 0 Å². The molecule has 0 aliphatic rings. The van der Waals surface area contributed by atoms with Gasteiger partial charge in [0.2, 0.25) is 0 Å². The van der Waals surface area contributed by atoms with Crippen LogP contribution >= 0.6 is 0 Å². The zero-order valence-corrected chi connectivity index (χ0v) is 10.4. The van der Waals surface area contributed by atoms with Crippen LogP contribution in [0.15, 0.2) is 42.5 Å². The van der Waals surface area contributed by atoms with Gasteiger partial charge in [-0.15, -0.1) is 13.2 Å². The molecule has 6 heteroatoms. The fourth-order valence-corrected chi connectivity index (χ4v) is 1.68. The van der Waals surface area contributed by atoms with E-state index in [-0.39, 0.29) is 0 Å². The van der Waals surface area contributed by atoms with E-state index in [1.54, 1.807) is 24.3 Å². The molecule has 20 heavy (non-hydrogen) atoms. The summed E-state index contributed by atoms with van der Waals surface area (Å²) in [6.07, 6.45) is -4.85. The van der Waals surface area contributed by atoms with E-state index in [2.05, 4.69) is 4.74 Å². The lowest BCUT2D eigenvalue weighted by molar-refractivity contribution is -0.275.